The second-order valence-corrected chi connectivity index (χ2v) is 9.29. The number of nitrogens with zero attached hydrogens (tertiary/aromatic N) is 4. The molecule has 6 heterocycles. The number of pyridine rings is 3. The Balaban J connectivity index is 1.26. The molecule has 0 atom stereocenters. The van der Waals surface area contributed by atoms with Gasteiger partial charge < -0.3 is 14.1 Å². The molecule has 0 radical (unpaired) electrons. The van der Waals surface area contributed by atoms with E-state index in [9.17, 15) is 0 Å². The molecule has 0 aromatic carbocycles. The van der Waals surface area contributed by atoms with Crippen molar-refractivity contribution in [1.29, 1.82) is 0 Å². The number of fused-ring (bicyclic) bond motifs is 2. The summed E-state index contributed by atoms with van der Waals surface area (Å²) in [5.74, 6) is 0.794. The summed E-state index contributed by atoms with van der Waals surface area (Å²) in [4.78, 5) is 17.0. The molecular weight excluding hydrogens is 452 g/mol. The van der Waals surface area contributed by atoms with Gasteiger partial charge >= 0.3 is 0 Å². The van der Waals surface area contributed by atoms with Gasteiger partial charge in [0.2, 0.25) is 0 Å². The topological polar surface area (TPSA) is 106 Å². The van der Waals surface area contributed by atoms with E-state index in [1.165, 1.54) is 19.3 Å². The number of ether oxygens (including phenoxy) is 1. The van der Waals surface area contributed by atoms with Crippen molar-refractivity contribution in [3.05, 3.63) is 67.6 Å². The van der Waals surface area contributed by atoms with Gasteiger partial charge in [-0.2, -0.15) is 5.10 Å². The smallest absolute Gasteiger partial charge is 0.138 e. The van der Waals surface area contributed by atoms with Gasteiger partial charge in [-0.3, -0.25) is 15.1 Å². The van der Waals surface area contributed by atoms with Crippen LogP contribution in [0.2, 0.25) is 0 Å². The largest absolute Gasteiger partial charge is 0.489 e. The summed E-state index contributed by atoms with van der Waals surface area (Å²) in [6, 6.07) is 10.1. The summed E-state index contributed by atoms with van der Waals surface area (Å²) in [6.45, 7) is 0. The van der Waals surface area contributed by atoms with Gasteiger partial charge in [-0.1, -0.05) is 6.42 Å². The van der Waals surface area contributed by atoms with Gasteiger partial charge in [-0.05, 0) is 61.6 Å². The second-order valence-electron chi connectivity index (χ2n) is 9.29. The first-order chi connectivity index (χ1) is 17.8. The second kappa shape index (κ2) is 8.64. The number of aromatic nitrogens is 6. The van der Waals surface area contributed by atoms with Crippen molar-refractivity contribution in [2.75, 3.05) is 0 Å². The Morgan fingerprint density at radius 2 is 1.86 bits per heavy atom. The predicted molar refractivity (Wildman–Crippen MR) is 137 cm³/mol. The number of H-pyrrole nitrogens is 2. The van der Waals surface area contributed by atoms with Crippen molar-refractivity contribution in [2.45, 2.75) is 38.2 Å². The third kappa shape index (κ3) is 3.71. The number of rotatable bonds is 5. The zero-order valence-electron chi connectivity index (χ0n) is 19.6. The Kier molecular flexibility index (Phi) is 5.01. The van der Waals surface area contributed by atoms with Crippen molar-refractivity contribution in [3.63, 3.8) is 0 Å². The molecule has 6 aromatic rings. The van der Waals surface area contributed by atoms with Crippen molar-refractivity contribution in [2.24, 2.45) is 0 Å². The van der Waals surface area contributed by atoms with E-state index in [-0.39, 0.29) is 6.10 Å². The first-order valence-electron chi connectivity index (χ1n) is 12.3. The van der Waals surface area contributed by atoms with Crippen LogP contribution in [0.15, 0.2) is 72.1 Å². The number of nitrogens with one attached hydrogen (secondary N) is 2. The molecule has 8 heteroatoms. The van der Waals surface area contributed by atoms with Crippen molar-refractivity contribution < 1.29 is 9.15 Å². The number of aromatic amines is 2. The van der Waals surface area contributed by atoms with Crippen LogP contribution < -0.4 is 4.74 Å². The quantitative estimate of drug-likeness (QED) is 0.293. The lowest BCUT2D eigenvalue weighted by Gasteiger charge is -2.22. The molecule has 0 bridgehead atoms. The molecule has 0 amide bonds. The minimum atomic E-state index is 0.272. The van der Waals surface area contributed by atoms with E-state index in [1.807, 2.05) is 36.7 Å². The van der Waals surface area contributed by atoms with Gasteiger partial charge in [0.1, 0.15) is 17.1 Å². The van der Waals surface area contributed by atoms with Crippen LogP contribution >= 0.6 is 0 Å². The highest BCUT2D eigenvalue weighted by molar-refractivity contribution is 6.00. The van der Waals surface area contributed by atoms with E-state index in [4.69, 9.17) is 9.15 Å². The standard InChI is InChI=1S/C28H24N6O2/c1-2-4-19(5-3-1)36-20-10-18(13-29-14-20)24-12-23-26(15-31-24)33-34-27(23)25-11-22-21(17-7-9-35-16-17)6-8-30-28(22)32-25/h6-16,19H,1-5H2,(H,30,32)(H,33,34). The minimum absolute atomic E-state index is 0.272. The molecule has 0 unspecified atom stereocenters. The van der Waals surface area contributed by atoms with Gasteiger partial charge in [-0.25, -0.2) is 4.98 Å². The fraction of sp³-hybridized carbons (Fsp3) is 0.214. The first kappa shape index (κ1) is 20.9. The van der Waals surface area contributed by atoms with Crippen LogP contribution in [-0.2, 0) is 0 Å². The van der Waals surface area contributed by atoms with Crippen LogP contribution in [0.4, 0.5) is 0 Å². The normalized spacial score (nSPS) is 14.6. The lowest BCUT2D eigenvalue weighted by Crippen LogP contribution is -2.19. The van der Waals surface area contributed by atoms with Crippen molar-refractivity contribution in [3.8, 4) is 39.5 Å². The Morgan fingerprint density at radius 3 is 2.75 bits per heavy atom. The third-order valence-corrected chi connectivity index (χ3v) is 6.93. The maximum Gasteiger partial charge on any atom is 0.138 e. The van der Waals surface area contributed by atoms with Crippen molar-refractivity contribution >= 4 is 21.9 Å². The molecular formula is C28H24N6O2. The highest BCUT2D eigenvalue weighted by atomic mass is 16.5. The third-order valence-electron chi connectivity index (χ3n) is 6.93. The van der Waals surface area contributed by atoms with E-state index in [2.05, 4.69) is 36.2 Å². The number of hydrogen-bond acceptors (Lipinski definition) is 6. The van der Waals surface area contributed by atoms with E-state index in [0.717, 1.165) is 74.3 Å². The Labute approximate surface area is 206 Å². The average molecular weight is 477 g/mol. The van der Waals surface area contributed by atoms with E-state index in [1.54, 1.807) is 24.9 Å². The molecule has 0 aliphatic heterocycles. The summed E-state index contributed by atoms with van der Waals surface area (Å²) in [6.07, 6.45) is 16.9. The Bertz CT molecular complexity index is 1660. The lowest BCUT2D eigenvalue weighted by atomic mass is 9.98. The predicted octanol–water partition coefficient (Wildman–Crippen LogP) is 6.53. The SMILES string of the molecule is c1cc(-c2ccoc2)c2cc(-c3n[nH]c4cnc(-c5cncc(OC6CCCCC6)c5)cc34)[nH]c2n1. The van der Waals surface area contributed by atoms with E-state index in [0.29, 0.717) is 0 Å². The lowest BCUT2D eigenvalue weighted by molar-refractivity contribution is 0.154. The fourth-order valence-electron chi connectivity index (χ4n) is 5.10. The molecule has 178 valence electrons. The number of furan rings is 1. The fourth-order valence-corrected chi connectivity index (χ4v) is 5.10. The van der Waals surface area contributed by atoms with Crippen LogP contribution in [0.3, 0.4) is 0 Å². The summed E-state index contributed by atoms with van der Waals surface area (Å²) in [5, 5.41) is 9.69. The van der Waals surface area contributed by atoms with Gasteiger partial charge in [0.25, 0.3) is 0 Å². The summed E-state index contributed by atoms with van der Waals surface area (Å²) in [7, 11) is 0. The van der Waals surface area contributed by atoms with Crippen LogP contribution in [0, 0.1) is 0 Å². The van der Waals surface area contributed by atoms with Gasteiger partial charge in [0, 0.05) is 34.3 Å². The molecule has 0 saturated heterocycles. The number of hydrogen-bond donors (Lipinski definition) is 2. The molecule has 36 heavy (non-hydrogen) atoms. The minimum Gasteiger partial charge on any atom is -0.489 e. The van der Waals surface area contributed by atoms with E-state index >= 15 is 0 Å². The van der Waals surface area contributed by atoms with Crippen LogP contribution in [0.25, 0.3) is 55.7 Å². The molecule has 1 aliphatic carbocycles. The molecule has 6 aromatic heterocycles. The molecule has 0 spiro atoms. The zero-order chi connectivity index (χ0) is 23.9. The molecule has 1 fully saturated rings. The Hall–Kier alpha value is -4.46. The maximum absolute atomic E-state index is 6.23. The van der Waals surface area contributed by atoms with Gasteiger partial charge in [-0.15, -0.1) is 0 Å². The molecule has 8 nitrogen and oxygen atoms in total. The first-order valence-corrected chi connectivity index (χ1v) is 12.3. The van der Waals surface area contributed by atoms with Crippen molar-refractivity contribution in [1.82, 2.24) is 30.1 Å². The van der Waals surface area contributed by atoms with Gasteiger partial charge in [0.15, 0.2) is 0 Å². The highest BCUT2D eigenvalue weighted by Crippen LogP contribution is 2.34. The molecule has 7 rings (SSSR count). The summed E-state index contributed by atoms with van der Waals surface area (Å²) < 4.78 is 11.5. The molecule has 1 aliphatic rings. The van der Waals surface area contributed by atoms with Gasteiger partial charge in [0.05, 0.1) is 47.9 Å². The zero-order valence-corrected chi connectivity index (χ0v) is 19.6. The molecule has 1 saturated carbocycles. The average Bonchev–Trinajstić information content (AvgIpc) is 3.68. The summed E-state index contributed by atoms with van der Waals surface area (Å²) in [5.41, 5.74) is 7.15. The van der Waals surface area contributed by atoms with Crippen LogP contribution in [0.5, 0.6) is 5.75 Å². The molecule has 2 N–H and O–H groups in total. The maximum atomic E-state index is 6.23. The monoisotopic (exact) mass is 476 g/mol. The highest BCUT2D eigenvalue weighted by Gasteiger charge is 2.17. The Morgan fingerprint density at radius 1 is 0.917 bits per heavy atom. The summed E-state index contributed by atoms with van der Waals surface area (Å²) >= 11 is 0. The van der Waals surface area contributed by atoms with Crippen LogP contribution in [-0.4, -0.2) is 36.2 Å². The van der Waals surface area contributed by atoms with Crippen LogP contribution in [0.1, 0.15) is 32.1 Å². The van der Waals surface area contributed by atoms with E-state index < -0.39 is 0 Å².